The summed E-state index contributed by atoms with van der Waals surface area (Å²) >= 11 is 0. The molecule has 0 saturated heterocycles. The zero-order chi connectivity index (χ0) is 14.5. The topological polar surface area (TPSA) is 32.3 Å². The highest BCUT2D eigenvalue weighted by molar-refractivity contribution is 5.34. The minimum atomic E-state index is -0.228. The van der Waals surface area contributed by atoms with Crippen molar-refractivity contribution in [3.05, 3.63) is 65.5 Å². The lowest BCUT2D eigenvalue weighted by atomic mass is 10.0. The van der Waals surface area contributed by atoms with Crippen molar-refractivity contribution in [2.75, 3.05) is 0 Å². The highest BCUT2D eigenvalue weighted by Crippen LogP contribution is 2.28. The number of para-hydroxylation sites is 1. The second-order valence-corrected chi connectivity index (χ2v) is 4.96. The van der Waals surface area contributed by atoms with Crippen LogP contribution in [0.1, 0.15) is 43.5 Å². The quantitative estimate of drug-likeness (QED) is 0.849. The predicted molar refractivity (Wildman–Crippen MR) is 79.1 cm³/mol. The van der Waals surface area contributed by atoms with E-state index in [2.05, 4.69) is 12.2 Å². The molecule has 0 spiro atoms. The van der Waals surface area contributed by atoms with E-state index in [1.165, 1.54) is 12.1 Å². The third-order valence-electron chi connectivity index (χ3n) is 3.54. The van der Waals surface area contributed by atoms with E-state index in [1.54, 1.807) is 18.2 Å². The Kier molecular flexibility index (Phi) is 4.74. The van der Waals surface area contributed by atoms with Crippen LogP contribution in [0.25, 0.3) is 0 Å². The van der Waals surface area contributed by atoms with Gasteiger partial charge in [0.2, 0.25) is 0 Å². The number of aromatic hydroxyl groups is 1. The molecule has 0 bridgehead atoms. The van der Waals surface area contributed by atoms with Crippen molar-refractivity contribution in [1.29, 1.82) is 0 Å². The van der Waals surface area contributed by atoms with Gasteiger partial charge in [-0.2, -0.15) is 0 Å². The Morgan fingerprint density at radius 1 is 1.10 bits per heavy atom. The largest absolute Gasteiger partial charge is 0.508 e. The van der Waals surface area contributed by atoms with Crippen LogP contribution in [-0.4, -0.2) is 5.11 Å². The van der Waals surface area contributed by atoms with Gasteiger partial charge in [-0.1, -0.05) is 37.3 Å². The number of halogens is 1. The van der Waals surface area contributed by atoms with Gasteiger partial charge in [0.1, 0.15) is 11.6 Å². The Morgan fingerprint density at radius 3 is 2.35 bits per heavy atom. The van der Waals surface area contributed by atoms with Crippen LogP contribution in [0.3, 0.4) is 0 Å². The van der Waals surface area contributed by atoms with E-state index >= 15 is 0 Å². The Hall–Kier alpha value is -1.87. The molecule has 2 aromatic rings. The fourth-order valence-electron chi connectivity index (χ4n) is 2.36. The zero-order valence-electron chi connectivity index (χ0n) is 11.8. The van der Waals surface area contributed by atoms with Crippen molar-refractivity contribution < 1.29 is 9.50 Å². The third-order valence-corrected chi connectivity index (χ3v) is 3.54. The molecule has 3 heteroatoms. The van der Waals surface area contributed by atoms with Gasteiger partial charge in [0, 0.05) is 17.6 Å². The first-order valence-corrected chi connectivity index (χ1v) is 6.91. The molecule has 0 amide bonds. The maximum atomic E-state index is 12.9. The van der Waals surface area contributed by atoms with Crippen LogP contribution in [-0.2, 0) is 0 Å². The number of phenols is 1. The summed E-state index contributed by atoms with van der Waals surface area (Å²) in [5.74, 6) is 0.0758. The van der Waals surface area contributed by atoms with E-state index in [0.29, 0.717) is 5.75 Å². The summed E-state index contributed by atoms with van der Waals surface area (Å²) in [6.07, 6.45) is 0.864. The van der Waals surface area contributed by atoms with Crippen LogP contribution in [0.4, 0.5) is 4.39 Å². The van der Waals surface area contributed by atoms with Crippen LogP contribution < -0.4 is 5.32 Å². The maximum absolute atomic E-state index is 12.9. The molecule has 0 saturated carbocycles. The van der Waals surface area contributed by atoms with Crippen molar-refractivity contribution in [1.82, 2.24) is 5.32 Å². The highest BCUT2D eigenvalue weighted by Gasteiger charge is 2.16. The molecule has 0 aromatic heterocycles. The molecule has 0 aliphatic heterocycles. The second-order valence-electron chi connectivity index (χ2n) is 4.96. The van der Waals surface area contributed by atoms with Gasteiger partial charge in [0.05, 0.1) is 0 Å². The lowest BCUT2D eigenvalue weighted by Gasteiger charge is -2.23. The number of benzene rings is 2. The van der Waals surface area contributed by atoms with Gasteiger partial charge in [-0.15, -0.1) is 0 Å². The fourth-order valence-corrected chi connectivity index (χ4v) is 2.36. The molecule has 2 nitrogen and oxygen atoms in total. The van der Waals surface area contributed by atoms with Crippen LogP contribution in [0, 0.1) is 5.82 Å². The molecule has 2 N–H and O–H groups in total. The molecule has 20 heavy (non-hydrogen) atoms. The van der Waals surface area contributed by atoms with E-state index in [4.69, 9.17) is 0 Å². The summed E-state index contributed by atoms with van der Waals surface area (Å²) in [5.41, 5.74) is 1.92. The van der Waals surface area contributed by atoms with Gasteiger partial charge in [0.25, 0.3) is 0 Å². The van der Waals surface area contributed by atoms with Crippen molar-refractivity contribution >= 4 is 0 Å². The average molecular weight is 273 g/mol. The smallest absolute Gasteiger partial charge is 0.123 e. The van der Waals surface area contributed by atoms with Crippen molar-refractivity contribution in [2.45, 2.75) is 32.4 Å². The molecule has 106 valence electrons. The lowest BCUT2D eigenvalue weighted by molar-refractivity contribution is 0.419. The lowest BCUT2D eigenvalue weighted by Crippen LogP contribution is -2.24. The van der Waals surface area contributed by atoms with Crippen LogP contribution in [0.2, 0.25) is 0 Å². The minimum Gasteiger partial charge on any atom is -0.508 e. The molecule has 0 fully saturated rings. The first kappa shape index (κ1) is 14.5. The monoisotopic (exact) mass is 273 g/mol. The summed E-state index contributed by atoms with van der Waals surface area (Å²) in [6.45, 7) is 4.11. The van der Waals surface area contributed by atoms with Gasteiger partial charge < -0.3 is 10.4 Å². The number of phenolic OH excluding ortho intramolecular Hbond substituents is 1. The van der Waals surface area contributed by atoms with Crippen molar-refractivity contribution in [3.8, 4) is 5.75 Å². The zero-order valence-corrected chi connectivity index (χ0v) is 11.8. The summed E-state index contributed by atoms with van der Waals surface area (Å²) in [5, 5.41) is 13.4. The van der Waals surface area contributed by atoms with Crippen LogP contribution >= 0.6 is 0 Å². The Labute approximate surface area is 119 Å². The summed E-state index contributed by atoms with van der Waals surface area (Å²) in [6, 6.07) is 14.0. The van der Waals surface area contributed by atoms with E-state index in [1.807, 2.05) is 25.1 Å². The van der Waals surface area contributed by atoms with Gasteiger partial charge in [-0.3, -0.25) is 0 Å². The molecular weight excluding hydrogens is 253 g/mol. The summed E-state index contributed by atoms with van der Waals surface area (Å²) in [7, 11) is 0. The molecule has 0 aliphatic rings. The minimum absolute atomic E-state index is 0.0660. The highest BCUT2D eigenvalue weighted by atomic mass is 19.1. The Bertz CT molecular complexity index is 553. The fraction of sp³-hybridized carbons (Fsp3) is 0.294. The predicted octanol–water partition coefficient (Wildman–Crippen LogP) is 4.33. The standard InChI is InChI=1S/C17H20FNO/c1-3-16(15-6-4-5-7-17(15)20)19-12(2)13-8-10-14(18)11-9-13/h4-12,16,19-20H,3H2,1-2H3. The number of hydrogen-bond donors (Lipinski definition) is 2. The normalized spacial score (nSPS) is 13.9. The molecule has 2 rings (SSSR count). The van der Waals surface area contributed by atoms with Gasteiger partial charge in [-0.05, 0) is 37.1 Å². The van der Waals surface area contributed by atoms with Crippen molar-refractivity contribution in [2.24, 2.45) is 0 Å². The molecular formula is C17H20FNO. The molecule has 2 atom stereocenters. The van der Waals surface area contributed by atoms with Gasteiger partial charge >= 0.3 is 0 Å². The van der Waals surface area contributed by atoms with E-state index < -0.39 is 0 Å². The van der Waals surface area contributed by atoms with Gasteiger partial charge in [0.15, 0.2) is 0 Å². The molecule has 2 unspecified atom stereocenters. The number of rotatable bonds is 5. The first-order chi connectivity index (χ1) is 9.61. The Morgan fingerprint density at radius 2 is 1.75 bits per heavy atom. The van der Waals surface area contributed by atoms with Crippen LogP contribution in [0.15, 0.2) is 48.5 Å². The van der Waals surface area contributed by atoms with E-state index in [9.17, 15) is 9.50 Å². The van der Waals surface area contributed by atoms with Crippen molar-refractivity contribution in [3.63, 3.8) is 0 Å². The number of hydrogen-bond acceptors (Lipinski definition) is 2. The molecule has 0 radical (unpaired) electrons. The average Bonchev–Trinajstić information content (AvgIpc) is 2.46. The first-order valence-electron chi connectivity index (χ1n) is 6.91. The number of nitrogens with one attached hydrogen (secondary N) is 1. The summed E-state index contributed by atoms with van der Waals surface area (Å²) < 4.78 is 12.9. The SMILES string of the molecule is CCC(NC(C)c1ccc(F)cc1)c1ccccc1O. The van der Waals surface area contributed by atoms with E-state index in [-0.39, 0.29) is 17.9 Å². The van der Waals surface area contributed by atoms with Crippen LogP contribution in [0.5, 0.6) is 5.75 Å². The van der Waals surface area contributed by atoms with Gasteiger partial charge in [-0.25, -0.2) is 4.39 Å². The molecule has 0 aliphatic carbocycles. The maximum Gasteiger partial charge on any atom is 0.123 e. The molecule has 0 heterocycles. The Balaban J connectivity index is 2.14. The second kappa shape index (κ2) is 6.53. The van der Waals surface area contributed by atoms with E-state index in [0.717, 1.165) is 17.5 Å². The summed E-state index contributed by atoms with van der Waals surface area (Å²) in [4.78, 5) is 0. The third kappa shape index (κ3) is 3.36. The molecule has 2 aromatic carbocycles.